The minimum atomic E-state index is -5.35. The summed E-state index contributed by atoms with van der Waals surface area (Å²) in [6, 6.07) is 11.8. The van der Waals surface area contributed by atoms with Gasteiger partial charge in [0.2, 0.25) is 0 Å². The zero-order chi connectivity index (χ0) is 37.3. The van der Waals surface area contributed by atoms with Gasteiger partial charge < -0.3 is 28.4 Å². The third kappa shape index (κ3) is 8.71. The van der Waals surface area contributed by atoms with Crippen LogP contribution in [0.1, 0.15) is 37.8 Å². The van der Waals surface area contributed by atoms with E-state index < -0.39 is 83.0 Å². The van der Waals surface area contributed by atoms with Crippen LogP contribution in [-0.4, -0.2) is 74.9 Å². The summed E-state index contributed by atoms with van der Waals surface area (Å²) < 4.78 is 117. The van der Waals surface area contributed by atoms with Gasteiger partial charge in [-0.25, -0.2) is 19.2 Å². The Balaban J connectivity index is 1.94. The SMILES string of the molecule is CO[C@](C(=O)O[C@H]1/C=C/C(=O)O[C@H](C)[C@H](OC(=O)[C@@](OC)(c2ccccc2)C(F)(F)F)/C=C/C(=O)O[C@H](C)CC1)(c1ccccc1)C(F)(F)F. The van der Waals surface area contributed by atoms with E-state index in [0.717, 1.165) is 49.4 Å². The maximum atomic E-state index is 14.4. The van der Waals surface area contributed by atoms with E-state index in [-0.39, 0.29) is 12.8 Å². The zero-order valence-electron chi connectivity index (χ0n) is 27.2. The number of esters is 4. The largest absolute Gasteiger partial charge is 0.460 e. The van der Waals surface area contributed by atoms with Gasteiger partial charge in [-0.1, -0.05) is 60.7 Å². The monoisotopic (exact) mass is 716 g/mol. The molecule has 50 heavy (non-hydrogen) atoms. The van der Waals surface area contributed by atoms with Gasteiger partial charge in [-0.15, -0.1) is 0 Å². The highest BCUT2D eigenvalue weighted by Crippen LogP contribution is 2.44. The first kappa shape index (κ1) is 39.7. The predicted octanol–water partition coefficient (Wildman–Crippen LogP) is 5.79. The Morgan fingerprint density at radius 1 is 0.660 bits per heavy atom. The number of methoxy groups -OCH3 is 2. The summed E-state index contributed by atoms with van der Waals surface area (Å²) in [6.07, 6.45) is -13.6. The van der Waals surface area contributed by atoms with Gasteiger partial charge in [0, 0.05) is 37.5 Å². The van der Waals surface area contributed by atoms with E-state index in [1.807, 2.05) is 0 Å². The Hall–Kier alpha value is -4.70. The smallest absolute Gasteiger partial charge is 0.432 e. The van der Waals surface area contributed by atoms with Crippen LogP contribution in [0.2, 0.25) is 0 Å². The van der Waals surface area contributed by atoms with Crippen LogP contribution >= 0.6 is 0 Å². The molecule has 0 spiro atoms. The highest BCUT2D eigenvalue weighted by Gasteiger charge is 2.65. The molecule has 272 valence electrons. The standard InChI is InChI=1S/C34H34F6O10/c1-21-15-16-25(49-29(43)31(45-3,33(35,36)37)23-11-7-5-8-12-23)17-19-28(42)48-22(2)26(18-20-27(41)47-21)50-30(44)32(46-4,34(38,39)40)24-13-9-6-10-14-24/h5-14,17-22,25-26H,15-16H2,1-4H3/b19-17+,20-18+/t21-,22-,25-,26-,31+,32+/m1/s1. The van der Waals surface area contributed by atoms with Crippen molar-refractivity contribution in [3.05, 3.63) is 96.1 Å². The first-order valence-corrected chi connectivity index (χ1v) is 15.0. The van der Waals surface area contributed by atoms with Gasteiger partial charge in [0.1, 0.15) is 12.2 Å². The Kier molecular flexibility index (Phi) is 13.0. The van der Waals surface area contributed by atoms with Crippen LogP contribution in [0.4, 0.5) is 26.3 Å². The number of hydrogen-bond donors (Lipinski definition) is 0. The van der Waals surface area contributed by atoms with Crippen molar-refractivity contribution in [3.8, 4) is 0 Å². The second kappa shape index (κ2) is 16.3. The third-order valence-corrected chi connectivity index (χ3v) is 7.66. The summed E-state index contributed by atoms with van der Waals surface area (Å²) in [5, 5.41) is 0. The molecule has 0 fully saturated rings. The van der Waals surface area contributed by atoms with E-state index in [1.54, 1.807) is 0 Å². The number of ether oxygens (including phenoxy) is 6. The molecule has 0 bridgehead atoms. The van der Waals surface area contributed by atoms with Gasteiger partial charge in [-0.2, -0.15) is 26.3 Å². The molecule has 1 aliphatic rings. The van der Waals surface area contributed by atoms with E-state index in [4.69, 9.17) is 28.4 Å². The van der Waals surface area contributed by atoms with Crippen LogP contribution in [-0.2, 0) is 58.8 Å². The number of hydrogen-bond acceptors (Lipinski definition) is 10. The van der Waals surface area contributed by atoms with E-state index >= 15 is 0 Å². The van der Waals surface area contributed by atoms with Gasteiger partial charge in [-0.05, 0) is 38.8 Å². The maximum Gasteiger partial charge on any atom is 0.432 e. The van der Waals surface area contributed by atoms with Gasteiger partial charge in [-0.3, -0.25) is 0 Å². The molecule has 10 nitrogen and oxygen atoms in total. The van der Waals surface area contributed by atoms with Crippen molar-refractivity contribution in [1.29, 1.82) is 0 Å². The quantitative estimate of drug-likeness (QED) is 0.189. The van der Waals surface area contributed by atoms with Gasteiger partial charge in [0.15, 0.2) is 6.10 Å². The van der Waals surface area contributed by atoms with Gasteiger partial charge in [0.25, 0.3) is 11.2 Å². The number of rotatable bonds is 8. The van der Waals surface area contributed by atoms with Gasteiger partial charge in [0.05, 0.1) is 6.10 Å². The summed E-state index contributed by atoms with van der Waals surface area (Å²) in [7, 11) is 1.32. The molecule has 0 aliphatic carbocycles. The molecule has 0 radical (unpaired) electrons. The van der Waals surface area contributed by atoms with Crippen molar-refractivity contribution in [2.45, 2.75) is 74.7 Å². The van der Waals surface area contributed by atoms with Crippen molar-refractivity contribution in [2.75, 3.05) is 14.2 Å². The van der Waals surface area contributed by atoms with E-state index in [1.165, 1.54) is 43.3 Å². The molecule has 2 aromatic rings. The highest BCUT2D eigenvalue weighted by atomic mass is 19.4. The average molecular weight is 717 g/mol. The molecule has 1 aliphatic heterocycles. The van der Waals surface area contributed by atoms with Crippen LogP contribution in [0.25, 0.3) is 0 Å². The average Bonchev–Trinajstić information content (AvgIpc) is 3.04. The molecule has 6 atom stereocenters. The predicted molar refractivity (Wildman–Crippen MR) is 161 cm³/mol. The van der Waals surface area contributed by atoms with Crippen LogP contribution in [0.3, 0.4) is 0 Å². The molecular weight excluding hydrogens is 682 g/mol. The Labute approximate surface area is 282 Å². The Morgan fingerprint density at radius 3 is 1.56 bits per heavy atom. The number of carbonyl (C=O) groups is 4. The van der Waals surface area contributed by atoms with Gasteiger partial charge >= 0.3 is 36.2 Å². The van der Waals surface area contributed by atoms with Crippen molar-refractivity contribution in [1.82, 2.24) is 0 Å². The number of halogens is 6. The molecule has 0 aromatic heterocycles. The molecule has 0 N–H and O–H groups in total. The van der Waals surface area contributed by atoms with Crippen LogP contribution in [0.15, 0.2) is 85.0 Å². The van der Waals surface area contributed by atoms with Crippen molar-refractivity contribution in [3.63, 3.8) is 0 Å². The molecule has 3 rings (SSSR count). The number of alkyl halides is 6. The lowest BCUT2D eigenvalue weighted by Gasteiger charge is -2.34. The number of benzene rings is 2. The lowest BCUT2D eigenvalue weighted by Crippen LogP contribution is -2.53. The normalized spacial score (nSPS) is 24.6. The molecule has 0 saturated heterocycles. The lowest BCUT2D eigenvalue weighted by atomic mass is 9.92. The molecule has 0 saturated carbocycles. The Bertz CT molecular complexity index is 1540. The molecule has 1 heterocycles. The summed E-state index contributed by atoms with van der Waals surface area (Å²) in [4.78, 5) is 51.9. The van der Waals surface area contributed by atoms with Crippen LogP contribution in [0, 0.1) is 0 Å². The second-order valence-corrected chi connectivity index (χ2v) is 11.0. The molecule has 0 amide bonds. The van der Waals surface area contributed by atoms with Crippen molar-refractivity contribution >= 4 is 23.9 Å². The fourth-order valence-electron chi connectivity index (χ4n) is 5.03. The first-order valence-electron chi connectivity index (χ1n) is 15.0. The summed E-state index contributed by atoms with van der Waals surface area (Å²) in [5.41, 5.74) is -8.38. The third-order valence-electron chi connectivity index (χ3n) is 7.66. The lowest BCUT2D eigenvalue weighted by molar-refractivity contribution is -0.279. The Morgan fingerprint density at radius 2 is 1.10 bits per heavy atom. The van der Waals surface area contributed by atoms with Crippen molar-refractivity contribution in [2.24, 2.45) is 0 Å². The second-order valence-electron chi connectivity index (χ2n) is 11.0. The maximum absolute atomic E-state index is 14.4. The molecular formula is C34H34F6O10. The first-order chi connectivity index (χ1) is 23.4. The van der Waals surface area contributed by atoms with Crippen LogP contribution in [0.5, 0.6) is 0 Å². The summed E-state index contributed by atoms with van der Waals surface area (Å²) >= 11 is 0. The van der Waals surface area contributed by atoms with E-state index in [2.05, 4.69) is 0 Å². The summed E-state index contributed by atoms with van der Waals surface area (Å²) in [6.45, 7) is 2.54. The minimum absolute atomic E-state index is 0.109. The van der Waals surface area contributed by atoms with Crippen LogP contribution < -0.4 is 0 Å². The summed E-state index contributed by atoms with van der Waals surface area (Å²) in [5.74, 6) is -6.09. The van der Waals surface area contributed by atoms with E-state index in [9.17, 15) is 45.5 Å². The zero-order valence-corrected chi connectivity index (χ0v) is 27.2. The number of carbonyl (C=O) groups excluding carboxylic acids is 4. The fourth-order valence-corrected chi connectivity index (χ4v) is 5.03. The van der Waals surface area contributed by atoms with E-state index in [0.29, 0.717) is 20.3 Å². The highest BCUT2D eigenvalue weighted by molar-refractivity contribution is 5.85. The topological polar surface area (TPSA) is 124 Å². The van der Waals surface area contributed by atoms with Crippen molar-refractivity contribution < 1.29 is 73.9 Å². The molecule has 0 unspecified atom stereocenters. The minimum Gasteiger partial charge on any atom is -0.460 e. The fraction of sp³-hybridized carbons (Fsp3) is 0.412. The molecule has 2 aromatic carbocycles. The molecule has 16 heteroatoms. The number of cyclic esters (lactones) is 2.